The molecule has 5 nitrogen and oxygen atoms in total. The number of urea groups is 1. The van der Waals surface area contributed by atoms with Crippen LogP contribution in [0.25, 0.3) is 0 Å². The van der Waals surface area contributed by atoms with Crippen molar-refractivity contribution in [1.29, 1.82) is 0 Å². The van der Waals surface area contributed by atoms with E-state index in [4.69, 9.17) is 16.3 Å². The van der Waals surface area contributed by atoms with Crippen LogP contribution in [0, 0.1) is 5.82 Å². The lowest BCUT2D eigenvalue weighted by Gasteiger charge is -2.31. The summed E-state index contributed by atoms with van der Waals surface area (Å²) in [6.45, 7) is 0. The number of hydrogen-bond acceptors (Lipinski definition) is 3. The van der Waals surface area contributed by atoms with E-state index in [1.165, 1.54) is 36.4 Å². The van der Waals surface area contributed by atoms with E-state index in [9.17, 15) is 14.0 Å². The Bertz CT molecular complexity index is 918. The number of nitrogens with one attached hydrogen (secondary N) is 1. The van der Waals surface area contributed by atoms with Crippen molar-refractivity contribution in [2.45, 2.75) is 12.5 Å². The van der Waals surface area contributed by atoms with Crippen LogP contribution >= 0.6 is 27.5 Å². The van der Waals surface area contributed by atoms with Gasteiger partial charge >= 0.3 is 6.03 Å². The van der Waals surface area contributed by atoms with Gasteiger partial charge in [-0.2, -0.15) is 0 Å². The van der Waals surface area contributed by atoms with Crippen LogP contribution in [0.15, 0.2) is 53.1 Å². The van der Waals surface area contributed by atoms with E-state index in [-0.39, 0.29) is 18.0 Å². The van der Waals surface area contributed by atoms with Gasteiger partial charge in [-0.15, -0.1) is 0 Å². The van der Waals surface area contributed by atoms with Gasteiger partial charge in [0.15, 0.2) is 5.78 Å². The van der Waals surface area contributed by atoms with Crippen molar-refractivity contribution in [3.05, 3.63) is 69.6 Å². The highest BCUT2D eigenvalue weighted by atomic mass is 79.9. The molecule has 1 aliphatic rings. The van der Waals surface area contributed by atoms with Crippen LogP contribution in [-0.4, -0.2) is 23.8 Å². The molecule has 0 fully saturated rings. The molecule has 0 aliphatic carbocycles. The molecule has 1 aliphatic heterocycles. The lowest BCUT2D eigenvalue weighted by atomic mass is 9.97. The number of anilines is 1. The Labute approximate surface area is 168 Å². The van der Waals surface area contributed by atoms with Crippen LogP contribution in [0.3, 0.4) is 0 Å². The van der Waals surface area contributed by atoms with Crippen molar-refractivity contribution in [2.75, 3.05) is 12.4 Å². The predicted molar refractivity (Wildman–Crippen MR) is 104 cm³/mol. The van der Waals surface area contributed by atoms with Gasteiger partial charge in [0.1, 0.15) is 11.6 Å². The van der Waals surface area contributed by atoms with Crippen LogP contribution in [0.5, 0.6) is 5.75 Å². The molecule has 0 spiro atoms. The summed E-state index contributed by atoms with van der Waals surface area (Å²) in [5.41, 5.74) is 1.13. The van der Waals surface area contributed by atoms with E-state index >= 15 is 0 Å². The lowest BCUT2D eigenvalue weighted by Crippen LogP contribution is -2.37. The molecule has 0 aromatic heterocycles. The predicted octanol–water partition coefficient (Wildman–Crippen LogP) is 5.31. The molecular formula is C19H15BrClFN2O3. The number of nitrogens with zero attached hydrogens (tertiary/aromatic N) is 1. The fourth-order valence-corrected chi connectivity index (χ4v) is 3.57. The van der Waals surface area contributed by atoms with Gasteiger partial charge in [0, 0.05) is 23.2 Å². The highest BCUT2D eigenvalue weighted by Crippen LogP contribution is 2.35. The number of halogens is 3. The summed E-state index contributed by atoms with van der Waals surface area (Å²) in [5.74, 6) is -0.0815. The molecule has 2 aromatic rings. The zero-order valence-corrected chi connectivity index (χ0v) is 16.6. The highest BCUT2D eigenvalue weighted by molar-refractivity contribution is 9.10. The quantitative estimate of drug-likeness (QED) is 0.685. The minimum absolute atomic E-state index is 0.109. The molecule has 27 heavy (non-hydrogen) atoms. The molecule has 0 saturated heterocycles. The van der Waals surface area contributed by atoms with Crippen LogP contribution in [-0.2, 0) is 4.79 Å². The first kappa shape index (κ1) is 19.4. The zero-order chi connectivity index (χ0) is 19.6. The van der Waals surface area contributed by atoms with Crippen molar-refractivity contribution >= 4 is 45.0 Å². The van der Waals surface area contributed by atoms with E-state index < -0.39 is 12.1 Å². The highest BCUT2D eigenvalue weighted by Gasteiger charge is 2.29. The minimum atomic E-state index is -0.531. The summed E-state index contributed by atoms with van der Waals surface area (Å²) in [4.78, 5) is 26.1. The summed E-state index contributed by atoms with van der Waals surface area (Å²) in [7, 11) is 1.48. The molecule has 8 heteroatoms. The summed E-state index contributed by atoms with van der Waals surface area (Å²) in [6, 6.07) is 7.96. The molecule has 140 valence electrons. The molecule has 2 aromatic carbocycles. The number of hydrogen-bond donors (Lipinski definition) is 1. The van der Waals surface area contributed by atoms with Gasteiger partial charge in [-0.25, -0.2) is 9.18 Å². The Morgan fingerprint density at radius 3 is 2.70 bits per heavy atom. The molecule has 1 heterocycles. The van der Waals surface area contributed by atoms with Gasteiger partial charge < -0.3 is 10.1 Å². The monoisotopic (exact) mass is 452 g/mol. The van der Waals surface area contributed by atoms with Crippen LogP contribution in [0.1, 0.15) is 18.0 Å². The Morgan fingerprint density at radius 2 is 2.04 bits per heavy atom. The number of allylic oxidation sites excluding steroid dienone is 1. The Kier molecular flexibility index (Phi) is 5.82. The van der Waals surface area contributed by atoms with Crippen LogP contribution in [0.2, 0.25) is 5.02 Å². The summed E-state index contributed by atoms with van der Waals surface area (Å²) >= 11 is 9.41. The Hall–Kier alpha value is -2.38. The zero-order valence-electron chi connectivity index (χ0n) is 14.2. The number of ketones is 1. The minimum Gasteiger partial charge on any atom is -0.495 e. The lowest BCUT2D eigenvalue weighted by molar-refractivity contribution is -0.116. The maximum Gasteiger partial charge on any atom is 0.326 e. The maximum atomic E-state index is 13.2. The van der Waals surface area contributed by atoms with Gasteiger partial charge in [0.25, 0.3) is 0 Å². The average molecular weight is 454 g/mol. The van der Waals surface area contributed by atoms with Crippen molar-refractivity contribution in [3.63, 3.8) is 0 Å². The van der Waals surface area contributed by atoms with Crippen molar-refractivity contribution < 1.29 is 18.7 Å². The second kappa shape index (κ2) is 8.10. The van der Waals surface area contributed by atoms with Crippen molar-refractivity contribution in [1.82, 2.24) is 4.90 Å². The SMILES string of the molecule is COc1cc(NC(=O)N2C=CC(=O)CC2c2ccc(F)cc2)c(Br)cc1Cl. The first-order chi connectivity index (χ1) is 12.9. The molecule has 2 amide bonds. The number of amides is 2. The number of methoxy groups -OCH3 is 1. The first-order valence-corrected chi connectivity index (χ1v) is 9.15. The Morgan fingerprint density at radius 1 is 1.33 bits per heavy atom. The Balaban J connectivity index is 1.88. The normalized spacial score (nSPS) is 16.4. The van der Waals surface area contributed by atoms with Gasteiger partial charge in [0.05, 0.1) is 23.9 Å². The fraction of sp³-hybridized carbons (Fsp3) is 0.158. The molecule has 1 N–H and O–H groups in total. The van der Waals surface area contributed by atoms with E-state index in [1.807, 2.05) is 0 Å². The second-order valence-corrected chi connectivity index (χ2v) is 7.12. The van der Waals surface area contributed by atoms with E-state index in [0.29, 0.717) is 26.5 Å². The summed E-state index contributed by atoms with van der Waals surface area (Å²) < 4.78 is 19.0. The van der Waals surface area contributed by atoms with Crippen molar-refractivity contribution in [3.8, 4) is 5.75 Å². The van der Waals surface area contributed by atoms with Crippen LogP contribution < -0.4 is 10.1 Å². The average Bonchev–Trinajstić information content (AvgIpc) is 2.64. The molecular weight excluding hydrogens is 439 g/mol. The standard InChI is InChI=1S/C19H15BrClFN2O3/c1-27-18-10-16(14(20)9-15(18)21)23-19(26)24-7-6-13(25)8-17(24)11-2-4-12(22)5-3-11/h2-7,9-10,17H,8H2,1H3,(H,23,26). The third-order valence-corrected chi connectivity index (χ3v) is 5.08. The first-order valence-electron chi connectivity index (χ1n) is 7.98. The van der Waals surface area contributed by atoms with Gasteiger partial charge in [0.2, 0.25) is 0 Å². The molecule has 1 unspecified atom stereocenters. The molecule has 0 bridgehead atoms. The third-order valence-electron chi connectivity index (χ3n) is 4.12. The van der Waals surface area contributed by atoms with Gasteiger partial charge in [-0.05, 0) is 45.8 Å². The smallest absolute Gasteiger partial charge is 0.326 e. The molecule has 3 rings (SSSR count). The van der Waals surface area contributed by atoms with E-state index in [0.717, 1.165) is 0 Å². The summed E-state index contributed by atoms with van der Waals surface area (Å²) in [5, 5.41) is 3.17. The maximum absolute atomic E-state index is 13.2. The molecule has 0 saturated carbocycles. The van der Waals surface area contributed by atoms with E-state index in [1.54, 1.807) is 24.3 Å². The van der Waals surface area contributed by atoms with Gasteiger partial charge in [-0.1, -0.05) is 23.7 Å². The molecule has 0 radical (unpaired) electrons. The second-order valence-electron chi connectivity index (χ2n) is 5.86. The van der Waals surface area contributed by atoms with E-state index in [2.05, 4.69) is 21.2 Å². The number of carbonyl (C=O) groups is 2. The molecule has 1 atom stereocenters. The number of benzene rings is 2. The number of ether oxygens (including phenoxy) is 1. The fourth-order valence-electron chi connectivity index (χ4n) is 2.76. The van der Waals surface area contributed by atoms with Crippen LogP contribution in [0.4, 0.5) is 14.9 Å². The largest absolute Gasteiger partial charge is 0.495 e. The van der Waals surface area contributed by atoms with Gasteiger partial charge in [-0.3, -0.25) is 9.69 Å². The topological polar surface area (TPSA) is 58.6 Å². The summed E-state index contributed by atoms with van der Waals surface area (Å²) in [6.07, 6.45) is 2.88. The number of rotatable bonds is 3. The number of carbonyl (C=O) groups excluding carboxylic acids is 2. The van der Waals surface area contributed by atoms with Crippen molar-refractivity contribution in [2.24, 2.45) is 0 Å². The third kappa shape index (κ3) is 4.31.